The third-order valence-corrected chi connectivity index (χ3v) is 2.03. The summed E-state index contributed by atoms with van der Waals surface area (Å²) in [5.41, 5.74) is 0. The van der Waals surface area contributed by atoms with Crippen molar-refractivity contribution < 1.29 is 9.53 Å². The molecule has 0 radical (unpaired) electrons. The van der Waals surface area contributed by atoms with Crippen LogP contribution in [-0.2, 0) is 9.53 Å². The van der Waals surface area contributed by atoms with Gasteiger partial charge >= 0.3 is 5.97 Å². The van der Waals surface area contributed by atoms with Crippen molar-refractivity contribution in [2.24, 2.45) is 5.92 Å². The molecular weight excluding hydrogens is 154 g/mol. The zero-order valence-electron chi connectivity index (χ0n) is 7.38. The monoisotopic (exact) mass is 169 g/mol. The molecule has 68 valence electrons. The Hall–Kier alpha value is -0.830. The van der Waals surface area contributed by atoms with Crippen LogP contribution in [-0.4, -0.2) is 25.7 Å². The quantitative estimate of drug-likeness (QED) is 0.486. The predicted octanol–water partition coefficient (Wildman–Crippen LogP) is 0.714. The van der Waals surface area contributed by atoms with E-state index >= 15 is 0 Å². The molecule has 0 heterocycles. The van der Waals surface area contributed by atoms with Crippen molar-refractivity contribution in [1.82, 2.24) is 5.32 Å². The summed E-state index contributed by atoms with van der Waals surface area (Å²) in [6.45, 7) is 4.25. The van der Waals surface area contributed by atoms with Gasteiger partial charge in [-0.05, 0) is 18.8 Å². The summed E-state index contributed by atoms with van der Waals surface area (Å²) >= 11 is 0. The molecule has 0 aliphatic heterocycles. The molecule has 1 aliphatic rings. The molecule has 3 heteroatoms. The van der Waals surface area contributed by atoms with Crippen molar-refractivity contribution in [3.63, 3.8) is 0 Å². The first-order valence-electron chi connectivity index (χ1n) is 4.21. The highest BCUT2D eigenvalue weighted by Gasteiger charge is 2.36. The van der Waals surface area contributed by atoms with E-state index in [-0.39, 0.29) is 12.0 Å². The third-order valence-electron chi connectivity index (χ3n) is 2.03. The molecule has 1 rings (SSSR count). The van der Waals surface area contributed by atoms with Crippen molar-refractivity contribution >= 4 is 5.97 Å². The zero-order valence-corrected chi connectivity index (χ0v) is 7.38. The third kappa shape index (κ3) is 2.34. The van der Waals surface area contributed by atoms with E-state index in [9.17, 15) is 4.79 Å². The average Bonchev–Trinajstić information content (AvgIpc) is 2.88. The van der Waals surface area contributed by atoms with Gasteiger partial charge in [-0.3, -0.25) is 4.79 Å². The van der Waals surface area contributed by atoms with E-state index in [1.54, 1.807) is 6.08 Å². The van der Waals surface area contributed by atoms with Crippen molar-refractivity contribution in [3.8, 4) is 0 Å². The highest BCUT2D eigenvalue weighted by Crippen LogP contribution is 2.32. The normalized spacial score (nSPS) is 18.4. The number of carbonyl (C=O) groups excluding carboxylic acids is 1. The molecule has 1 fully saturated rings. The molecule has 3 nitrogen and oxygen atoms in total. The van der Waals surface area contributed by atoms with E-state index in [1.165, 1.54) is 7.11 Å². The molecular formula is C9H15NO2. The summed E-state index contributed by atoms with van der Waals surface area (Å²) < 4.78 is 4.67. The maximum absolute atomic E-state index is 11.2. The van der Waals surface area contributed by atoms with Crippen LogP contribution < -0.4 is 5.32 Å². The Morgan fingerprint density at radius 3 is 2.92 bits per heavy atom. The number of ether oxygens (including phenoxy) is 1. The lowest BCUT2D eigenvalue weighted by Crippen LogP contribution is -2.39. The summed E-state index contributed by atoms with van der Waals surface area (Å²) in [5, 5.41) is 3.09. The highest BCUT2D eigenvalue weighted by atomic mass is 16.5. The second-order valence-electron chi connectivity index (χ2n) is 3.04. The van der Waals surface area contributed by atoms with Crippen molar-refractivity contribution in [2.45, 2.75) is 18.9 Å². The number of hydrogen-bond donors (Lipinski definition) is 1. The lowest BCUT2D eigenvalue weighted by Gasteiger charge is -2.13. The van der Waals surface area contributed by atoms with Crippen molar-refractivity contribution in [1.29, 1.82) is 0 Å². The minimum Gasteiger partial charge on any atom is -0.468 e. The Labute approximate surface area is 72.8 Å². The fourth-order valence-corrected chi connectivity index (χ4v) is 1.21. The van der Waals surface area contributed by atoms with Crippen LogP contribution in [0.15, 0.2) is 12.7 Å². The maximum atomic E-state index is 11.2. The average molecular weight is 169 g/mol. The standard InChI is InChI=1S/C9H15NO2/c1-3-6-10-8(7-4-5-7)9(11)12-2/h3,7-8,10H,1,4-6H2,2H3. The van der Waals surface area contributed by atoms with E-state index in [4.69, 9.17) is 0 Å². The van der Waals surface area contributed by atoms with E-state index < -0.39 is 0 Å². The zero-order chi connectivity index (χ0) is 8.97. The topological polar surface area (TPSA) is 38.3 Å². The molecule has 0 spiro atoms. The number of nitrogens with one attached hydrogen (secondary N) is 1. The van der Waals surface area contributed by atoms with Crippen LogP contribution in [0.1, 0.15) is 12.8 Å². The minimum absolute atomic E-state index is 0.118. The number of esters is 1. The summed E-state index contributed by atoms with van der Waals surface area (Å²) in [6.07, 6.45) is 4.01. The summed E-state index contributed by atoms with van der Waals surface area (Å²) in [7, 11) is 1.42. The molecule has 12 heavy (non-hydrogen) atoms. The van der Waals surface area contributed by atoms with Crippen LogP contribution >= 0.6 is 0 Å². The molecule has 0 aromatic rings. The van der Waals surface area contributed by atoms with Gasteiger partial charge in [0.1, 0.15) is 6.04 Å². The van der Waals surface area contributed by atoms with Gasteiger partial charge in [0.2, 0.25) is 0 Å². The van der Waals surface area contributed by atoms with Gasteiger partial charge in [0.15, 0.2) is 0 Å². The van der Waals surface area contributed by atoms with Crippen molar-refractivity contribution in [2.75, 3.05) is 13.7 Å². The Balaban J connectivity index is 2.36. The molecule has 1 aliphatic carbocycles. The molecule has 1 unspecified atom stereocenters. The minimum atomic E-state index is -0.153. The summed E-state index contributed by atoms with van der Waals surface area (Å²) in [4.78, 5) is 11.2. The molecule has 0 aromatic heterocycles. The smallest absolute Gasteiger partial charge is 0.323 e. The molecule has 1 saturated carbocycles. The van der Waals surface area contributed by atoms with Gasteiger partial charge in [-0.1, -0.05) is 6.08 Å². The first-order chi connectivity index (χ1) is 5.79. The first kappa shape index (κ1) is 9.26. The van der Waals surface area contributed by atoms with E-state index in [0.717, 1.165) is 12.8 Å². The van der Waals surface area contributed by atoms with Crippen LogP contribution in [0.4, 0.5) is 0 Å². The van der Waals surface area contributed by atoms with E-state index in [2.05, 4.69) is 16.6 Å². The Bertz CT molecular complexity index is 175. The fourth-order valence-electron chi connectivity index (χ4n) is 1.21. The predicted molar refractivity (Wildman–Crippen MR) is 46.7 cm³/mol. The molecule has 1 atom stereocenters. The number of methoxy groups -OCH3 is 1. The molecule has 0 amide bonds. The van der Waals surface area contributed by atoms with Gasteiger partial charge in [-0.25, -0.2) is 0 Å². The molecule has 0 saturated heterocycles. The van der Waals surface area contributed by atoms with Crippen LogP contribution in [0.3, 0.4) is 0 Å². The van der Waals surface area contributed by atoms with Gasteiger partial charge in [-0.2, -0.15) is 0 Å². The van der Waals surface area contributed by atoms with Crippen molar-refractivity contribution in [3.05, 3.63) is 12.7 Å². The number of carbonyl (C=O) groups is 1. The van der Waals surface area contributed by atoms with Crippen LogP contribution in [0.25, 0.3) is 0 Å². The van der Waals surface area contributed by atoms with Gasteiger partial charge in [0, 0.05) is 6.54 Å². The summed E-state index contributed by atoms with van der Waals surface area (Å²) in [6, 6.07) is -0.118. The lowest BCUT2D eigenvalue weighted by atomic mass is 10.2. The molecule has 1 N–H and O–H groups in total. The van der Waals surface area contributed by atoms with Crippen LogP contribution in [0.2, 0.25) is 0 Å². The lowest BCUT2D eigenvalue weighted by molar-refractivity contribution is -0.143. The highest BCUT2D eigenvalue weighted by molar-refractivity contribution is 5.76. The molecule has 0 aromatic carbocycles. The Morgan fingerprint density at radius 2 is 2.50 bits per heavy atom. The number of rotatable bonds is 5. The van der Waals surface area contributed by atoms with Gasteiger partial charge < -0.3 is 10.1 Å². The maximum Gasteiger partial charge on any atom is 0.323 e. The van der Waals surface area contributed by atoms with E-state index in [0.29, 0.717) is 12.5 Å². The van der Waals surface area contributed by atoms with Crippen LogP contribution in [0, 0.1) is 5.92 Å². The first-order valence-corrected chi connectivity index (χ1v) is 4.21. The second kappa shape index (κ2) is 4.26. The fraction of sp³-hybridized carbons (Fsp3) is 0.667. The van der Waals surface area contributed by atoms with Gasteiger partial charge in [0.05, 0.1) is 7.11 Å². The van der Waals surface area contributed by atoms with Gasteiger partial charge in [0.25, 0.3) is 0 Å². The largest absolute Gasteiger partial charge is 0.468 e. The Morgan fingerprint density at radius 1 is 1.83 bits per heavy atom. The number of hydrogen-bond acceptors (Lipinski definition) is 3. The van der Waals surface area contributed by atoms with Gasteiger partial charge in [-0.15, -0.1) is 6.58 Å². The Kier molecular flexibility index (Phi) is 3.29. The van der Waals surface area contributed by atoms with E-state index in [1.807, 2.05) is 0 Å². The second-order valence-corrected chi connectivity index (χ2v) is 3.04. The van der Waals surface area contributed by atoms with Crippen LogP contribution in [0.5, 0.6) is 0 Å². The SMILES string of the molecule is C=CCNC(C(=O)OC)C1CC1. The summed E-state index contributed by atoms with van der Waals surface area (Å²) in [5.74, 6) is 0.330. The molecule has 0 bridgehead atoms.